The summed E-state index contributed by atoms with van der Waals surface area (Å²) in [6.07, 6.45) is 4.17. The van der Waals surface area contributed by atoms with Crippen LogP contribution >= 0.6 is 15.9 Å². The molecule has 3 heterocycles. The van der Waals surface area contributed by atoms with Crippen LogP contribution in [0, 0.1) is 0 Å². The number of imidazole rings is 1. The minimum atomic E-state index is 0.132. The number of hydrogen-bond acceptors (Lipinski definition) is 2. The molecule has 0 aromatic carbocycles. The molecule has 0 bridgehead atoms. The lowest BCUT2D eigenvalue weighted by atomic mass is 9.88. The maximum absolute atomic E-state index is 4.63. The number of pyridine rings is 2. The van der Waals surface area contributed by atoms with E-state index in [4.69, 9.17) is 0 Å². The van der Waals surface area contributed by atoms with Crippen molar-refractivity contribution in [1.82, 2.24) is 14.4 Å². The smallest absolute Gasteiger partial charge is 0.137 e. The first kappa shape index (κ1) is 13.3. The second-order valence-corrected chi connectivity index (χ2v) is 6.72. The molecule has 0 amide bonds. The van der Waals surface area contributed by atoms with Crippen molar-refractivity contribution >= 4 is 21.6 Å². The van der Waals surface area contributed by atoms with E-state index in [1.807, 2.05) is 24.4 Å². The predicted octanol–water partition coefficient (Wildman–Crippen LogP) is 4.46. The van der Waals surface area contributed by atoms with Crippen LogP contribution in [0.25, 0.3) is 17.0 Å². The van der Waals surface area contributed by atoms with Crippen LogP contribution in [0.3, 0.4) is 0 Å². The van der Waals surface area contributed by atoms with E-state index in [9.17, 15) is 0 Å². The standard InChI is InChI=1S/C16H16BrN3/c1-16(2,3)11-7-8-15-19-13(10-20(15)9-11)12-5-4-6-14(17)18-12/h4-10H,1-3H3. The number of aromatic nitrogens is 3. The molecule has 3 rings (SSSR count). The van der Waals surface area contributed by atoms with Crippen molar-refractivity contribution < 1.29 is 0 Å². The van der Waals surface area contributed by atoms with Crippen LogP contribution < -0.4 is 0 Å². The SMILES string of the molecule is CC(C)(C)c1ccc2nc(-c3cccc(Br)n3)cn2c1. The molecular weight excluding hydrogens is 314 g/mol. The topological polar surface area (TPSA) is 30.2 Å². The van der Waals surface area contributed by atoms with Gasteiger partial charge in [-0.3, -0.25) is 0 Å². The molecule has 0 aliphatic heterocycles. The highest BCUT2D eigenvalue weighted by Gasteiger charge is 2.15. The Morgan fingerprint density at radius 2 is 1.75 bits per heavy atom. The summed E-state index contributed by atoms with van der Waals surface area (Å²) in [6, 6.07) is 10.0. The number of nitrogens with zero attached hydrogens (tertiary/aromatic N) is 3. The number of hydrogen-bond donors (Lipinski definition) is 0. The molecule has 3 nitrogen and oxygen atoms in total. The van der Waals surface area contributed by atoms with Gasteiger partial charge in [0.25, 0.3) is 0 Å². The molecule has 0 fully saturated rings. The second-order valence-electron chi connectivity index (χ2n) is 5.90. The Kier molecular flexibility index (Phi) is 3.13. The summed E-state index contributed by atoms with van der Waals surface area (Å²) in [5.41, 5.74) is 4.12. The van der Waals surface area contributed by atoms with E-state index in [0.717, 1.165) is 21.6 Å². The van der Waals surface area contributed by atoms with Crippen molar-refractivity contribution in [1.29, 1.82) is 0 Å². The predicted molar refractivity (Wildman–Crippen MR) is 84.8 cm³/mol. The molecule has 0 aliphatic carbocycles. The van der Waals surface area contributed by atoms with Crippen molar-refractivity contribution in [3.8, 4) is 11.4 Å². The first-order valence-corrected chi connectivity index (χ1v) is 7.35. The normalized spacial score (nSPS) is 12.0. The Morgan fingerprint density at radius 3 is 2.45 bits per heavy atom. The first-order chi connectivity index (χ1) is 9.43. The highest BCUT2D eigenvalue weighted by atomic mass is 79.9. The van der Waals surface area contributed by atoms with Gasteiger partial charge in [0.2, 0.25) is 0 Å². The van der Waals surface area contributed by atoms with E-state index in [1.165, 1.54) is 5.56 Å². The monoisotopic (exact) mass is 329 g/mol. The Labute approximate surface area is 126 Å². The van der Waals surface area contributed by atoms with Gasteiger partial charge in [-0.1, -0.05) is 32.9 Å². The lowest BCUT2D eigenvalue weighted by Gasteiger charge is -2.18. The molecule has 0 aliphatic rings. The lowest BCUT2D eigenvalue weighted by molar-refractivity contribution is 0.586. The Hall–Kier alpha value is -1.68. The maximum Gasteiger partial charge on any atom is 0.137 e. The van der Waals surface area contributed by atoms with Crippen molar-refractivity contribution in [2.75, 3.05) is 0 Å². The molecule has 102 valence electrons. The third kappa shape index (κ3) is 2.48. The molecule has 0 saturated carbocycles. The Morgan fingerprint density at radius 1 is 0.950 bits per heavy atom. The molecule has 0 spiro atoms. The van der Waals surface area contributed by atoms with Gasteiger partial charge < -0.3 is 4.40 Å². The molecule has 0 unspecified atom stereocenters. The third-order valence-corrected chi connectivity index (χ3v) is 3.74. The minimum absolute atomic E-state index is 0.132. The fraction of sp³-hybridized carbons (Fsp3) is 0.250. The molecule has 20 heavy (non-hydrogen) atoms. The highest BCUT2D eigenvalue weighted by Crippen LogP contribution is 2.24. The molecule has 0 saturated heterocycles. The quantitative estimate of drug-likeness (QED) is 0.617. The van der Waals surface area contributed by atoms with Crippen LogP contribution in [0.5, 0.6) is 0 Å². The van der Waals surface area contributed by atoms with E-state index >= 15 is 0 Å². The summed E-state index contributed by atoms with van der Waals surface area (Å²) in [5, 5.41) is 0. The lowest BCUT2D eigenvalue weighted by Crippen LogP contribution is -2.11. The van der Waals surface area contributed by atoms with Gasteiger partial charge >= 0.3 is 0 Å². The zero-order valence-corrected chi connectivity index (χ0v) is 13.3. The summed E-state index contributed by atoms with van der Waals surface area (Å²) in [5.74, 6) is 0. The van der Waals surface area contributed by atoms with Crippen LogP contribution in [0.15, 0.2) is 47.3 Å². The molecule has 0 N–H and O–H groups in total. The Balaban J connectivity index is 2.11. The van der Waals surface area contributed by atoms with E-state index in [2.05, 4.69) is 69.4 Å². The number of fused-ring (bicyclic) bond motifs is 1. The van der Waals surface area contributed by atoms with Crippen LogP contribution in [0.4, 0.5) is 0 Å². The van der Waals surface area contributed by atoms with Crippen molar-refractivity contribution in [3.05, 3.63) is 52.9 Å². The maximum atomic E-state index is 4.63. The van der Waals surface area contributed by atoms with Gasteiger partial charge in [0.05, 0.1) is 5.69 Å². The minimum Gasteiger partial charge on any atom is -0.306 e. The van der Waals surface area contributed by atoms with E-state index in [-0.39, 0.29) is 5.41 Å². The van der Waals surface area contributed by atoms with Crippen LogP contribution in [-0.2, 0) is 5.41 Å². The average molecular weight is 330 g/mol. The summed E-state index contributed by atoms with van der Waals surface area (Å²) in [6.45, 7) is 6.63. The largest absolute Gasteiger partial charge is 0.306 e. The van der Waals surface area contributed by atoms with Gasteiger partial charge in [0.15, 0.2) is 0 Å². The van der Waals surface area contributed by atoms with Crippen molar-refractivity contribution in [2.24, 2.45) is 0 Å². The molecule has 4 heteroatoms. The summed E-state index contributed by atoms with van der Waals surface area (Å²) < 4.78 is 2.89. The summed E-state index contributed by atoms with van der Waals surface area (Å²) in [7, 11) is 0. The van der Waals surface area contributed by atoms with Crippen LogP contribution in [0.2, 0.25) is 0 Å². The van der Waals surface area contributed by atoms with E-state index in [0.29, 0.717) is 0 Å². The zero-order valence-electron chi connectivity index (χ0n) is 11.8. The zero-order chi connectivity index (χ0) is 14.3. The van der Waals surface area contributed by atoms with Crippen molar-refractivity contribution in [3.63, 3.8) is 0 Å². The first-order valence-electron chi connectivity index (χ1n) is 6.56. The fourth-order valence-corrected chi connectivity index (χ4v) is 2.45. The highest BCUT2D eigenvalue weighted by molar-refractivity contribution is 9.10. The van der Waals surface area contributed by atoms with E-state index < -0.39 is 0 Å². The number of rotatable bonds is 1. The Bertz CT molecular complexity index is 769. The summed E-state index contributed by atoms with van der Waals surface area (Å²) in [4.78, 5) is 9.08. The number of halogens is 1. The van der Waals surface area contributed by atoms with Crippen LogP contribution in [-0.4, -0.2) is 14.4 Å². The van der Waals surface area contributed by atoms with Gasteiger partial charge in [0, 0.05) is 12.4 Å². The van der Waals surface area contributed by atoms with Gasteiger partial charge in [0.1, 0.15) is 15.9 Å². The van der Waals surface area contributed by atoms with Gasteiger partial charge in [-0.25, -0.2) is 9.97 Å². The fourth-order valence-electron chi connectivity index (χ4n) is 2.11. The molecule has 0 radical (unpaired) electrons. The van der Waals surface area contributed by atoms with Crippen molar-refractivity contribution in [2.45, 2.75) is 26.2 Å². The molecular formula is C16H16BrN3. The average Bonchev–Trinajstić information content (AvgIpc) is 2.80. The molecule has 0 atom stereocenters. The second kappa shape index (κ2) is 4.70. The van der Waals surface area contributed by atoms with E-state index in [1.54, 1.807) is 0 Å². The molecule has 3 aromatic rings. The third-order valence-electron chi connectivity index (χ3n) is 3.29. The van der Waals surface area contributed by atoms with Gasteiger partial charge in [-0.05, 0) is 45.1 Å². The van der Waals surface area contributed by atoms with Gasteiger partial charge in [-0.2, -0.15) is 0 Å². The van der Waals surface area contributed by atoms with Crippen LogP contribution in [0.1, 0.15) is 26.3 Å². The van der Waals surface area contributed by atoms with Gasteiger partial charge in [-0.15, -0.1) is 0 Å². The molecule has 3 aromatic heterocycles. The summed E-state index contributed by atoms with van der Waals surface area (Å²) >= 11 is 3.40.